The Balaban J connectivity index is 1.38. The summed E-state index contributed by atoms with van der Waals surface area (Å²) in [6.45, 7) is 5.26. The molecule has 0 aliphatic carbocycles. The number of piperazine rings is 1. The van der Waals surface area contributed by atoms with Crippen molar-refractivity contribution in [1.29, 1.82) is 0 Å². The molecule has 0 atom stereocenters. The van der Waals surface area contributed by atoms with Crippen LogP contribution >= 0.6 is 0 Å². The molecule has 2 aliphatic heterocycles. The number of benzene rings is 3. The number of carbonyl (C=O) groups is 1. The van der Waals surface area contributed by atoms with E-state index in [-0.39, 0.29) is 23.1 Å². The molecule has 0 spiro atoms. The number of hydrogen-bond donors (Lipinski definition) is 1. The summed E-state index contributed by atoms with van der Waals surface area (Å²) in [5.74, 6) is 1.23. The number of carbonyl (C=O) groups excluding carboxylic acids is 1. The Bertz CT molecular complexity index is 1360. The van der Waals surface area contributed by atoms with Crippen LogP contribution in [0.15, 0.2) is 54.3 Å². The van der Waals surface area contributed by atoms with E-state index in [2.05, 4.69) is 9.80 Å². The van der Waals surface area contributed by atoms with Crippen molar-refractivity contribution in [3.8, 4) is 23.0 Å². The number of fused-ring (bicyclic) bond motifs is 1. The lowest BCUT2D eigenvalue weighted by atomic mass is 9.99. The zero-order chi connectivity index (χ0) is 26.1. The number of hydrogen-bond acceptors (Lipinski definition) is 7. The molecule has 0 bridgehead atoms. The summed E-state index contributed by atoms with van der Waals surface area (Å²) in [5.41, 5.74) is 3.34. The maximum absolute atomic E-state index is 13.4. The number of aromatic hydroxyl groups is 1. The topological polar surface area (TPSA) is 71.5 Å². The number of rotatable bonds is 6. The molecule has 0 amide bonds. The molecule has 1 saturated heterocycles. The minimum absolute atomic E-state index is 0.102. The van der Waals surface area contributed by atoms with Crippen LogP contribution in [0.5, 0.6) is 23.0 Å². The molecule has 2 heterocycles. The number of halogens is 1. The number of phenols is 1. The van der Waals surface area contributed by atoms with Gasteiger partial charge < -0.3 is 24.2 Å². The maximum Gasteiger partial charge on any atom is 0.232 e. The van der Waals surface area contributed by atoms with E-state index in [0.717, 1.165) is 31.9 Å². The van der Waals surface area contributed by atoms with Crippen molar-refractivity contribution in [1.82, 2.24) is 4.90 Å². The highest BCUT2D eigenvalue weighted by Crippen LogP contribution is 2.43. The average Bonchev–Trinajstić information content (AvgIpc) is 3.23. The van der Waals surface area contributed by atoms with Gasteiger partial charge in [0.1, 0.15) is 17.3 Å². The monoisotopic (exact) mass is 504 g/mol. The molecule has 0 saturated carbocycles. The average molecular weight is 505 g/mol. The Kier molecular flexibility index (Phi) is 6.76. The van der Waals surface area contributed by atoms with Gasteiger partial charge in [-0.3, -0.25) is 9.69 Å². The van der Waals surface area contributed by atoms with E-state index >= 15 is 0 Å². The van der Waals surface area contributed by atoms with Gasteiger partial charge in [-0.25, -0.2) is 4.39 Å². The third-order valence-electron chi connectivity index (χ3n) is 6.89. The largest absolute Gasteiger partial charge is 0.507 e. The van der Waals surface area contributed by atoms with Crippen LogP contribution in [-0.4, -0.2) is 56.2 Å². The molecule has 7 nitrogen and oxygen atoms in total. The Morgan fingerprint density at radius 2 is 1.78 bits per heavy atom. The summed E-state index contributed by atoms with van der Waals surface area (Å²) in [4.78, 5) is 17.8. The molecule has 37 heavy (non-hydrogen) atoms. The van der Waals surface area contributed by atoms with E-state index in [1.165, 1.54) is 12.1 Å². The van der Waals surface area contributed by atoms with Gasteiger partial charge in [-0.2, -0.15) is 0 Å². The molecule has 1 N–H and O–H groups in total. The van der Waals surface area contributed by atoms with Crippen LogP contribution in [0, 0.1) is 12.7 Å². The third kappa shape index (κ3) is 4.72. The first-order chi connectivity index (χ1) is 17.9. The van der Waals surface area contributed by atoms with Crippen LogP contribution in [0.2, 0.25) is 0 Å². The quantitative estimate of drug-likeness (QED) is 0.484. The fraction of sp³-hybridized carbons (Fsp3) is 0.276. The molecule has 2 aliphatic rings. The molecule has 0 radical (unpaired) electrons. The second-order valence-corrected chi connectivity index (χ2v) is 9.16. The zero-order valence-electron chi connectivity index (χ0n) is 21.1. The van der Waals surface area contributed by atoms with Crippen molar-refractivity contribution < 1.29 is 28.5 Å². The zero-order valence-corrected chi connectivity index (χ0v) is 21.1. The highest BCUT2D eigenvalue weighted by Gasteiger charge is 2.34. The number of ketones is 1. The van der Waals surface area contributed by atoms with Gasteiger partial charge in [-0.15, -0.1) is 0 Å². The Hall–Kier alpha value is -4.04. The summed E-state index contributed by atoms with van der Waals surface area (Å²) < 4.78 is 30.3. The van der Waals surface area contributed by atoms with Crippen molar-refractivity contribution in [2.45, 2.75) is 13.5 Å². The van der Waals surface area contributed by atoms with E-state index < -0.39 is 0 Å². The smallest absolute Gasteiger partial charge is 0.232 e. The highest BCUT2D eigenvalue weighted by atomic mass is 19.1. The molecular formula is C29H29FN2O5. The van der Waals surface area contributed by atoms with Gasteiger partial charge in [0.05, 0.1) is 25.3 Å². The lowest BCUT2D eigenvalue weighted by molar-refractivity contribution is 0.101. The van der Waals surface area contributed by atoms with Crippen molar-refractivity contribution in [3.63, 3.8) is 0 Å². The van der Waals surface area contributed by atoms with Crippen LogP contribution in [0.4, 0.5) is 10.1 Å². The van der Waals surface area contributed by atoms with Crippen LogP contribution in [-0.2, 0) is 6.54 Å². The van der Waals surface area contributed by atoms with Gasteiger partial charge in [-0.05, 0) is 55.0 Å². The number of anilines is 1. The van der Waals surface area contributed by atoms with Gasteiger partial charge in [0, 0.05) is 44.0 Å². The molecule has 3 aromatic carbocycles. The maximum atomic E-state index is 13.4. The number of para-hydroxylation sites is 1. The Morgan fingerprint density at radius 1 is 1.05 bits per heavy atom. The van der Waals surface area contributed by atoms with Crippen molar-refractivity contribution in [2.24, 2.45) is 0 Å². The molecule has 3 aromatic rings. The number of ether oxygens (including phenoxy) is 3. The van der Waals surface area contributed by atoms with Gasteiger partial charge in [-0.1, -0.05) is 12.1 Å². The molecule has 5 rings (SSSR count). The fourth-order valence-corrected chi connectivity index (χ4v) is 4.94. The van der Waals surface area contributed by atoms with Crippen LogP contribution in [0.25, 0.3) is 6.08 Å². The van der Waals surface area contributed by atoms with Crippen molar-refractivity contribution in [2.75, 3.05) is 45.3 Å². The van der Waals surface area contributed by atoms with Crippen LogP contribution < -0.4 is 19.1 Å². The molecule has 0 unspecified atom stereocenters. The van der Waals surface area contributed by atoms with Gasteiger partial charge in [0.25, 0.3) is 0 Å². The summed E-state index contributed by atoms with van der Waals surface area (Å²) in [5, 5.41) is 10.8. The minimum Gasteiger partial charge on any atom is -0.507 e. The lowest BCUT2D eigenvalue weighted by Gasteiger charge is -2.36. The predicted octanol–water partition coefficient (Wildman–Crippen LogP) is 4.80. The second-order valence-electron chi connectivity index (χ2n) is 9.16. The van der Waals surface area contributed by atoms with E-state index in [9.17, 15) is 14.3 Å². The summed E-state index contributed by atoms with van der Waals surface area (Å²) in [7, 11) is 3.10. The number of nitrogens with zero attached hydrogens (tertiary/aromatic N) is 2. The Labute approximate surface area is 215 Å². The number of aryl methyl sites for hydroxylation is 1. The SMILES string of the molecule is COc1cccc(C=C2Oc3c(CN4CCN(c5ccc(F)cc5)CC4)c(O)cc(C)c3C2=O)c1OC. The Morgan fingerprint density at radius 3 is 2.46 bits per heavy atom. The van der Waals surface area contributed by atoms with E-state index in [1.807, 2.05) is 12.1 Å². The first kappa shape index (κ1) is 24.6. The number of allylic oxidation sites excluding steroid dienone is 1. The molecule has 8 heteroatoms. The van der Waals surface area contributed by atoms with Crippen molar-refractivity contribution >= 4 is 17.5 Å². The summed E-state index contributed by atoms with van der Waals surface area (Å²) in [6, 6.07) is 13.5. The van der Waals surface area contributed by atoms with Crippen LogP contribution in [0.1, 0.15) is 27.0 Å². The normalized spacial score (nSPS) is 16.6. The standard InChI is InChI=1S/C29H29FN2O5/c1-18-15-23(33)22(17-31-11-13-32(14-12-31)21-9-7-20(30)8-10-21)29-26(18)27(34)25(37-29)16-19-5-4-6-24(35-2)28(19)36-3/h4-10,15-16,33H,11-14,17H2,1-3H3. The fourth-order valence-electron chi connectivity index (χ4n) is 4.94. The van der Waals surface area contributed by atoms with Gasteiger partial charge in [0.2, 0.25) is 5.78 Å². The number of methoxy groups -OCH3 is 2. The lowest BCUT2D eigenvalue weighted by Crippen LogP contribution is -2.46. The van der Waals surface area contributed by atoms with E-state index in [0.29, 0.717) is 46.0 Å². The van der Waals surface area contributed by atoms with Crippen LogP contribution in [0.3, 0.4) is 0 Å². The minimum atomic E-state index is -0.251. The van der Waals surface area contributed by atoms with Gasteiger partial charge in [0.15, 0.2) is 17.3 Å². The van der Waals surface area contributed by atoms with E-state index in [4.69, 9.17) is 14.2 Å². The molecular weight excluding hydrogens is 475 g/mol. The number of phenolic OH excluding ortho intramolecular Hbond substituents is 1. The summed E-state index contributed by atoms with van der Waals surface area (Å²) >= 11 is 0. The van der Waals surface area contributed by atoms with Crippen molar-refractivity contribution in [3.05, 3.63) is 82.4 Å². The molecule has 192 valence electrons. The first-order valence-electron chi connectivity index (χ1n) is 12.1. The van der Waals surface area contributed by atoms with Gasteiger partial charge >= 0.3 is 0 Å². The molecule has 1 fully saturated rings. The predicted molar refractivity (Wildman–Crippen MR) is 139 cm³/mol. The first-order valence-corrected chi connectivity index (χ1v) is 12.1. The molecule has 0 aromatic heterocycles. The second kappa shape index (κ2) is 10.1. The number of Topliss-reactive ketones (excluding diaryl/α,β-unsaturated/α-hetero) is 1. The summed E-state index contributed by atoms with van der Waals surface area (Å²) in [6.07, 6.45) is 1.64. The van der Waals surface area contributed by atoms with E-state index in [1.54, 1.807) is 51.5 Å². The highest BCUT2D eigenvalue weighted by molar-refractivity contribution is 6.16. The third-order valence-corrected chi connectivity index (χ3v) is 6.89.